The van der Waals surface area contributed by atoms with Crippen LogP contribution in [0.3, 0.4) is 0 Å². The van der Waals surface area contributed by atoms with Gasteiger partial charge in [-0.25, -0.2) is 8.42 Å². The summed E-state index contributed by atoms with van der Waals surface area (Å²) >= 11 is 3.14. The molecule has 4 nitrogen and oxygen atoms in total. The second-order valence-corrected chi connectivity index (χ2v) is 8.17. The van der Waals surface area contributed by atoms with E-state index in [0.29, 0.717) is 10.0 Å². The fraction of sp³-hybridized carbons (Fsp3) is 0.462. The molecule has 1 aliphatic heterocycles. The van der Waals surface area contributed by atoms with Gasteiger partial charge in [0.05, 0.1) is 4.90 Å². The summed E-state index contributed by atoms with van der Waals surface area (Å²) in [4.78, 5) is 14.2. The maximum absolute atomic E-state index is 12.5. The Balaban J connectivity index is 2.36. The average Bonchev–Trinajstić information content (AvgIpc) is 2.85. The van der Waals surface area contributed by atoms with Crippen molar-refractivity contribution >= 4 is 41.6 Å². The van der Waals surface area contributed by atoms with Crippen LogP contribution in [0.5, 0.6) is 0 Å². The maximum Gasteiger partial charge on any atom is 0.262 e. The molecule has 2 rings (SSSR count). The number of nitrogens with zero attached hydrogens (tertiary/aromatic N) is 1. The van der Waals surface area contributed by atoms with Crippen molar-refractivity contribution in [2.45, 2.75) is 37.1 Å². The molecule has 1 atom stereocenters. The molecule has 1 fully saturated rings. The predicted molar refractivity (Wildman–Crippen MR) is 81.5 cm³/mol. The first-order valence-corrected chi connectivity index (χ1v) is 9.50. The molecule has 0 saturated carbocycles. The third kappa shape index (κ3) is 3.18. The summed E-state index contributed by atoms with van der Waals surface area (Å²) in [6.07, 6.45) is 2.89. The zero-order chi connectivity index (χ0) is 14.9. The van der Waals surface area contributed by atoms with Crippen molar-refractivity contribution in [1.82, 2.24) is 4.90 Å². The molecule has 1 aliphatic rings. The Hall–Kier alpha value is -0.590. The normalized spacial score (nSPS) is 19.4. The molecule has 1 aromatic carbocycles. The van der Waals surface area contributed by atoms with Crippen molar-refractivity contribution in [1.29, 1.82) is 0 Å². The van der Waals surface area contributed by atoms with Gasteiger partial charge in [0, 0.05) is 33.3 Å². The minimum atomic E-state index is -3.88. The van der Waals surface area contributed by atoms with Gasteiger partial charge >= 0.3 is 0 Å². The summed E-state index contributed by atoms with van der Waals surface area (Å²) in [6.45, 7) is 2.77. The van der Waals surface area contributed by atoms with Crippen LogP contribution in [0.4, 0.5) is 0 Å². The van der Waals surface area contributed by atoms with Crippen LogP contribution in [0.15, 0.2) is 27.6 Å². The third-order valence-corrected chi connectivity index (χ3v) is 5.87. The Bertz CT molecular complexity index is 633. The number of carbonyl (C=O) groups is 1. The van der Waals surface area contributed by atoms with E-state index < -0.39 is 9.05 Å². The molecule has 0 spiro atoms. The fourth-order valence-corrected chi connectivity index (χ4v) is 4.63. The quantitative estimate of drug-likeness (QED) is 0.755. The van der Waals surface area contributed by atoms with E-state index in [-0.39, 0.29) is 16.8 Å². The first-order chi connectivity index (χ1) is 9.34. The van der Waals surface area contributed by atoms with Crippen LogP contribution in [0.25, 0.3) is 0 Å². The highest BCUT2D eigenvalue weighted by Gasteiger charge is 2.29. The SMILES string of the molecule is CCC1CCCN1C(=O)c1ccc(Br)c(S(=O)(=O)Cl)c1. The molecule has 0 N–H and O–H groups in total. The number of likely N-dealkylation sites (tertiary alicyclic amines) is 1. The topological polar surface area (TPSA) is 54.5 Å². The van der Waals surface area contributed by atoms with Crippen molar-refractivity contribution < 1.29 is 13.2 Å². The standard InChI is InChI=1S/C13H15BrClNO3S/c1-2-10-4-3-7-16(10)13(17)9-5-6-11(14)12(8-9)20(15,18)19/h5-6,8,10H,2-4,7H2,1H3. The first-order valence-electron chi connectivity index (χ1n) is 6.39. The third-order valence-electron chi connectivity index (χ3n) is 3.55. The highest BCUT2D eigenvalue weighted by atomic mass is 79.9. The van der Waals surface area contributed by atoms with Gasteiger partial charge in [-0.2, -0.15) is 0 Å². The molecule has 0 radical (unpaired) electrons. The van der Waals surface area contributed by atoms with Crippen LogP contribution in [0, 0.1) is 0 Å². The zero-order valence-electron chi connectivity index (χ0n) is 11.0. The van der Waals surface area contributed by atoms with E-state index in [4.69, 9.17) is 10.7 Å². The number of amides is 1. The van der Waals surface area contributed by atoms with Crippen LogP contribution < -0.4 is 0 Å². The molecule has 110 valence electrons. The van der Waals surface area contributed by atoms with Crippen molar-refractivity contribution in [2.24, 2.45) is 0 Å². The highest BCUT2D eigenvalue weighted by Crippen LogP contribution is 2.28. The van der Waals surface area contributed by atoms with E-state index in [0.717, 1.165) is 25.8 Å². The van der Waals surface area contributed by atoms with Crippen LogP contribution in [0.2, 0.25) is 0 Å². The molecule has 0 aliphatic carbocycles. The summed E-state index contributed by atoms with van der Waals surface area (Å²) in [5.74, 6) is -0.136. The molecular formula is C13H15BrClNO3S. The zero-order valence-corrected chi connectivity index (χ0v) is 14.1. The van der Waals surface area contributed by atoms with Gasteiger partial charge in [0.1, 0.15) is 0 Å². The van der Waals surface area contributed by atoms with Crippen LogP contribution >= 0.6 is 26.6 Å². The van der Waals surface area contributed by atoms with Gasteiger partial charge in [0.2, 0.25) is 0 Å². The lowest BCUT2D eigenvalue weighted by Crippen LogP contribution is -2.35. The summed E-state index contributed by atoms with van der Waals surface area (Å²) in [5.41, 5.74) is 0.354. The predicted octanol–water partition coefficient (Wildman–Crippen LogP) is 3.39. The van der Waals surface area contributed by atoms with E-state index in [1.54, 1.807) is 12.1 Å². The number of carbonyl (C=O) groups excluding carboxylic acids is 1. The van der Waals surface area contributed by atoms with Gasteiger partial charge in [0.25, 0.3) is 15.0 Å². The Morgan fingerprint density at radius 3 is 2.80 bits per heavy atom. The number of halogens is 2. The highest BCUT2D eigenvalue weighted by molar-refractivity contribution is 9.10. The Morgan fingerprint density at radius 1 is 1.50 bits per heavy atom. The molecule has 1 saturated heterocycles. The Morgan fingerprint density at radius 2 is 2.20 bits per heavy atom. The molecular weight excluding hydrogens is 366 g/mol. The summed E-state index contributed by atoms with van der Waals surface area (Å²) in [7, 11) is 1.50. The van der Waals surface area contributed by atoms with Crippen molar-refractivity contribution in [3.05, 3.63) is 28.2 Å². The van der Waals surface area contributed by atoms with Gasteiger partial charge in [-0.05, 0) is 53.4 Å². The minimum absolute atomic E-state index is 0.0720. The van der Waals surface area contributed by atoms with Gasteiger partial charge in [0.15, 0.2) is 0 Å². The van der Waals surface area contributed by atoms with E-state index in [1.165, 1.54) is 6.07 Å². The van der Waals surface area contributed by atoms with Crippen molar-refractivity contribution in [3.8, 4) is 0 Å². The van der Waals surface area contributed by atoms with Gasteiger partial charge in [-0.3, -0.25) is 4.79 Å². The molecule has 1 heterocycles. The lowest BCUT2D eigenvalue weighted by molar-refractivity contribution is 0.0733. The van der Waals surface area contributed by atoms with Crippen molar-refractivity contribution in [3.63, 3.8) is 0 Å². The number of rotatable bonds is 3. The van der Waals surface area contributed by atoms with Gasteiger partial charge in [-0.15, -0.1) is 0 Å². The second-order valence-electron chi connectivity index (χ2n) is 4.79. The Labute approximate surface area is 131 Å². The second kappa shape index (κ2) is 6.03. The molecule has 0 bridgehead atoms. The number of benzene rings is 1. The van der Waals surface area contributed by atoms with E-state index in [9.17, 15) is 13.2 Å². The van der Waals surface area contributed by atoms with E-state index in [2.05, 4.69) is 15.9 Å². The molecule has 0 aromatic heterocycles. The molecule has 1 unspecified atom stereocenters. The minimum Gasteiger partial charge on any atom is -0.336 e. The maximum atomic E-state index is 12.5. The summed E-state index contributed by atoms with van der Waals surface area (Å²) < 4.78 is 23.3. The molecule has 7 heteroatoms. The largest absolute Gasteiger partial charge is 0.336 e. The lowest BCUT2D eigenvalue weighted by Gasteiger charge is -2.23. The summed E-state index contributed by atoms with van der Waals surface area (Å²) in [5, 5.41) is 0. The number of hydrogen-bond acceptors (Lipinski definition) is 3. The molecule has 1 aromatic rings. The Kier molecular flexibility index (Phi) is 4.76. The van der Waals surface area contributed by atoms with Crippen LogP contribution in [-0.4, -0.2) is 31.8 Å². The fourth-order valence-electron chi connectivity index (χ4n) is 2.52. The number of hydrogen-bond donors (Lipinski definition) is 0. The van der Waals surface area contributed by atoms with Crippen LogP contribution in [0.1, 0.15) is 36.5 Å². The first kappa shape index (κ1) is 15.8. The van der Waals surface area contributed by atoms with Gasteiger partial charge < -0.3 is 4.90 Å². The average molecular weight is 381 g/mol. The molecule has 1 amide bonds. The van der Waals surface area contributed by atoms with Crippen molar-refractivity contribution in [2.75, 3.05) is 6.54 Å². The van der Waals surface area contributed by atoms with E-state index >= 15 is 0 Å². The van der Waals surface area contributed by atoms with Gasteiger partial charge in [-0.1, -0.05) is 6.92 Å². The lowest BCUT2D eigenvalue weighted by atomic mass is 10.1. The molecule has 20 heavy (non-hydrogen) atoms. The van der Waals surface area contributed by atoms with Crippen LogP contribution in [-0.2, 0) is 9.05 Å². The van der Waals surface area contributed by atoms with E-state index in [1.807, 2.05) is 11.8 Å². The smallest absolute Gasteiger partial charge is 0.262 e. The monoisotopic (exact) mass is 379 g/mol. The summed E-state index contributed by atoms with van der Waals surface area (Å²) in [6, 6.07) is 4.73.